The molecule has 1 aromatic heterocycles. The summed E-state index contributed by atoms with van der Waals surface area (Å²) >= 11 is 0. The smallest absolute Gasteiger partial charge is 0.321 e. The lowest BCUT2D eigenvalue weighted by molar-refractivity contribution is 0.243. The van der Waals surface area contributed by atoms with Crippen LogP contribution in [0.2, 0.25) is 0 Å². The topological polar surface area (TPSA) is 96.4 Å². The second-order valence-electron chi connectivity index (χ2n) is 4.88. The van der Waals surface area contributed by atoms with Gasteiger partial charge in [-0.1, -0.05) is 30.3 Å². The fourth-order valence-corrected chi connectivity index (χ4v) is 2.18. The molecule has 2 rings (SSSR count). The molecule has 0 aliphatic carbocycles. The van der Waals surface area contributed by atoms with E-state index >= 15 is 0 Å². The monoisotopic (exact) mass is 316 g/mol. The Balaban J connectivity index is 2.05. The summed E-state index contributed by atoms with van der Waals surface area (Å²) in [6.45, 7) is 0.0740. The SMILES string of the molecule is COc1ccnnc1NC(=O)N[C@@H](CCCO)c1ccccc1. The van der Waals surface area contributed by atoms with Crippen LogP contribution in [0.3, 0.4) is 0 Å². The zero-order valence-electron chi connectivity index (χ0n) is 12.9. The zero-order chi connectivity index (χ0) is 16.5. The summed E-state index contributed by atoms with van der Waals surface area (Å²) in [4.78, 5) is 12.2. The van der Waals surface area contributed by atoms with Crippen LogP contribution in [-0.2, 0) is 0 Å². The number of carbonyl (C=O) groups is 1. The Kier molecular flexibility index (Phi) is 6.31. The van der Waals surface area contributed by atoms with Crippen molar-refractivity contribution in [1.29, 1.82) is 0 Å². The van der Waals surface area contributed by atoms with Crippen molar-refractivity contribution >= 4 is 11.8 Å². The number of rotatable bonds is 7. The number of aliphatic hydroxyl groups excluding tert-OH is 1. The van der Waals surface area contributed by atoms with Gasteiger partial charge in [0.15, 0.2) is 11.6 Å². The summed E-state index contributed by atoms with van der Waals surface area (Å²) in [7, 11) is 1.49. The van der Waals surface area contributed by atoms with E-state index in [2.05, 4.69) is 20.8 Å². The highest BCUT2D eigenvalue weighted by Crippen LogP contribution is 2.21. The fraction of sp³-hybridized carbons (Fsp3) is 0.312. The quantitative estimate of drug-likeness (QED) is 0.727. The number of amides is 2. The second kappa shape index (κ2) is 8.70. The molecule has 1 atom stereocenters. The number of hydrogen-bond donors (Lipinski definition) is 3. The Morgan fingerprint density at radius 1 is 1.30 bits per heavy atom. The molecule has 7 heteroatoms. The lowest BCUT2D eigenvalue weighted by Crippen LogP contribution is -2.33. The number of nitrogens with zero attached hydrogens (tertiary/aromatic N) is 2. The first-order valence-electron chi connectivity index (χ1n) is 7.33. The fourth-order valence-electron chi connectivity index (χ4n) is 2.18. The largest absolute Gasteiger partial charge is 0.493 e. The third-order valence-electron chi connectivity index (χ3n) is 3.29. The highest BCUT2D eigenvalue weighted by atomic mass is 16.5. The number of hydrogen-bond acceptors (Lipinski definition) is 5. The molecule has 0 fully saturated rings. The van der Waals surface area contributed by atoms with Crippen molar-refractivity contribution in [3.05, 3.63) is 48.2 Å². The first kappa shape index (κ1) is 16.7. The standard InChI is InChI=1S/C16H20N4O3/c1-23-14-9-10-17-20-15(14)19-16(22)18-13(8-5-11-21)12-6-3-2-4-7-12/h2-4,6-7,9-10,13,21H,5,8,11H2,1H3,(H2,18,19,20,22)/t13-/m0/s1. The number of benzene rings is 1. The second-order valence-corrected chi connectivity index (χ2v) is 4.88. The summed E-state index contributed by atoms with van der Waals surface area (Å²) in [5.41, 5.74) is 0.974. The van der Waals surface area contributed by atoms with E-state index in [9.17, 15) is 4.79 Å². The van der Waals surface area contributed by atoms with Crippen LogP contribution in [-0.4, -0.2) is 35.1 Å². The molecule has 0 saturated carbocycles. The van der Waals surface area contributed by atoms with Crippen LogP contribution in [0.15, 0.2) is 42.6 Å². The highest BCUT2D eigenvalue weighted by molar-refractivity contribution is 5.89. The molecule has 1 heterocycles. The van der Waals surface area contributed by atoms with Crippen molar-refractivity contribution in [2.45, 2.75) is 18.9 Å². The Hall–Kier alpha value is -2.67. The molecule has 2 aromatic rings. The lowest BCUT2D eigenvalue weighted by Gasteiger charge is -2.19. The molecule has 0 bridgehead atoms. The van der Waals surface area contributed by atoms with Gasteiger partial charge in [-0.15, -0.1) is 5.10 Å². The first-order valence-corrected chi connectivity index (χ1v) is 7.33. The first-order chi connectivity index (χ1) is 11.2. The van der Waals surface area contributed by atoms with Gasteiger partial charge >= 0.3 is 6.03 Å². The van der Waals surface area contributed by atoms with E-state index in [1.807, 2.05) is 30.3 Å². The minimum Gasteiger partial charge on any atom is -0.493 e. The van der Waals surface area contributed by atoms with E-state index in [0.29, 0.717) is 18.6 Å². The third-order valence-corrected chi connectivity index (χ3v) is 3.29. The maximum atomic E-state index is 12.2. The number of carbonyl (C=O) groups excluding carboxylic acids is 1. The van der Waals surface area contributed by atoms with Gasteiger partial charge in [0.25, 0.3) is 0 Å². The van der Waals surface area contributed by atoms with E-state index in [1.54, 1.807) is 6.07 Å². The van der Waals surface area contributed by atoms with E-state index in [-0.39, 0.29) is 18.5 Å². The van der Waals surface area contributed by atoms with Gasteiger partial charge in [-0.3, -0.25) is 5.32 Å². The predicted molar refractivity (Wildman–Crippen MR) is 86.2 cm³/mol. The molecular weight excluding hydrogens is 296 g/mol. The third kappa shape index (κ3) is 4.93. The summed E-state index contributed by atoms with van der Waals surface area (Å²) in [5, 5.41) is 22.1. The van der Waals surface area contributed by atoms with Gasteiger partial charge in [-0.2, -0.15) is 5.10 Å². The molecule has 0 aliphatic heterocycles. The van der Waals surface area contributed by atoms with Crippen LogP contribution in [0.25, 0.3) is 0 Å². The molecule has 0 unspecified atom stereocenters. The Bertz CT molecular complexity index is 622. The normalized spacial score (nSPS) is 11.6. The minimum absolute atomic E-state index is 0.0740. The molecule has 0 spiro atoms. The van der Waals surface area contributed by atoms with Crippen molar-refractivity contribution < 1.29 is 14.6 Å². The summed E-state index contributed by atoms with van der Waals surface area (Å²) in [5.74, 6) is 0.684. The molecule has 23 heavy (non-hydrogen) atoms. The van der Waals surface area contributed by atoms with Crippen LogP contribution in [0.1, 0.15) is 24.4 Å². The minimum atomic E-state index is -0.407. The van der Waals surface area contributed by atoms with Crippen molar-refractivity contribution in [3.63, 3.8) is 0 Å². The van der Waals surface area contributed by atoms with E-state index in [4.69, 9.17) is 9.84 Å². The van der Waals surface area contributed by atoms with Crippen LogP contribution in [0.5, 0.6) is 5.75 Å². The van der Waals surface area contributed by atoms with Gasteiger partial charge in [0, 0.05) is 12.7 Å². The molecule has 122 valence electrons. The molecule has 0 aliphatic rings. The molecular formula is C16H20N4O3. The number of aromatic nitrogens is 2. The van der Waals surface area contributed by atoms with Crippen LogP contribution < -0.4 is 15.4 Å². The van der Waals surface area contributed by atoms with Crippen molar-refractivity contribution in [2.24, 2.45) is 0 Å². The summed E-state index contributed by atoms with van der Waals surface area (Å²) in [6, 6.07) is 10.6. The van der Waals surface area contributed by atoms with Gasteiger partial charge in [0.1, 0.15) is 0 Å². The summed E-state index contributed by atoms with van der Waals surface area (Å²) < 4.78 is 5.12. The maximum absolute atomic E-state index is 12.2. The van der Waals surface area contributed by atoms with Crippen LogP contribution >= 0.6 is 0 Å². The molecule has 7 nitrogen and oxygen atoms in total. The van der Waals surface area contributed by atoms with Crippen molar-refractivity contribution in [1.82, 2.24) is 15.5 Å². The van der Waals surface area contributed by atoms with E-state index in [0.717, 1.165) is 5.56 Å². The Morgan fingerprint density at radius 3 is 2.78 bits per heavy atom. The zero-order valence-corrected chi connectivity index (χ0v) is 12.9. The van der Waals surface area contributed by atoms with E-state index in [1.165, 1.54) is 13.3 Å². The van der Waals surface area contributed by atoms with Crippen molar-refractivity contribution in [2.75, 3.05) is 19.0 Å². The van der Waals surface area contributed by atoms with Gasteiger partial charge in [-0.05, 0) is 18.4 Å². The Morgan fingerprint density at radius 2 is 2.09 bits per heavy atom. The number of aliphatic hydroxyl groups is 1. The molecule has 0 radical (unpaired) electrons. The molecule has 0 saturated heterocycles. The van der Waals surface area contributed by atoms with Crippen molar-refractivity contribution in [3.8, 4) is 5.75 Å². The number of anilines is 1. The number of urea groups is 1. The average molecular weight is 316 g/mol. The lowest BCUT2D eigenvalue weighted by atomic mass is 10.0. The van der Waals surface area contributed by atoms with Gasteiger partial charge in [0.2, 0.25) is 0 Å². The molecule has 3 N–H and O–H groups in total. The predicted octanol–water partition coefficient (Wildman–Crippen LogP) is 2.12. The summed E-state index contributed by atoms with van der Waals surface area (Å²) in [6.07, 6.45) is 2.70. The number of methoxy groups -OCH3 is 1. The van der Waals surface area contributed by atoms with Crippen LogP contribution in [0.4, 0.5) is 10.6 Å². The number of nitrogens with one attached hydrogen (secondary N) is 2. The molecule has 2 amide bonds. The van der Waals surface area contributed by atoms with Gasteiger partial charge in [-0.25, -0.2) is 4.79 Å². The number of ether oxygens (including phenoxy) is 1. The Labute approximate surface area is 134 Å². The van der Waals surface area contributed by atoms with Gasteiger partial charge in [0.05, 0.1) is 19.3 Å². The van der Waals surface area contributed by atoms with E-state index < -0.39 is 6.03 Å². The van der Waals surface area contributed by atoms with Gasteiger partial charge < -0.3 is 15.2 Å². The maximum Gasteiger partial charge on any atom is 0.321 e. The van der Waals surface area contributed by atoms with Crippen LogP contribution in [0, 0.1) is 0 Å². The molecule has 1 aromatic carbocycles. The average Bonchev–Trinajstić information content (AvgIpc) is 2.59. The highest BCUT2D eigenvalue weighted by Gasteiger charge is 2.16.